The van der Waals surface area contributed by atoms with Gasteiger partial charge in [0.05, 0.1) is 23.3 Å². The van der Waals surface area contributed by atoms with Crippen LogP contribution in [0, 0.1) is 20.2 Å². The zero-order valence-electron chi connectivity index (χ0n) is 21.2. The molecular formula is C23H29N11O5. The topological polar surface area (TPSA) is 227 Å². The predicted octanol–water partition coefficient (Wildman–Crippen LogP) is 1.57. The summed E-state index contributed by atoms with van der Waals surface area (Å²) in [7, 11) is 0. The molecule has 39 heavy (non-hydrogen) atoms. The van der Waals surface area contributed by atoms with E-state index in [1.807, 2.05) is 12.4 Å². The summed E-state index contributed by atoms with van der Waals surface area (Å²) in [5.41, 5.74) is 8.25. The minimum Gasteiger partial charge on any atom is -0.370 e. The Bertz CT molecular complexity index is 1290. The number of carbonyl (C=O) groups excluding carboxylic acids is 1. The highest BCUT2D eigenvalue weighted by Crippen LogP contribution is 2.24. The average molecular weight is 540 g/mol. The second kappa shape index (κ2) is 14.0. The summed E-state index contributed by atoms with van der Waals surface area (Å²) >= 11 is 0. The number of nitrogens with two attached hydrogens (primary N) is 1. The van der Waals surface area contributed by atoms with Gasteiger partial charge in [-0.05, 0) is 44.7 Å². The molecule has 4 rings (SSSR count). The van der Waals surface area contributed by atoms with E-state index >= 15 is 0 Å². The summed E-state index contributed by atoms with van der Waals surface area (Å²) in [6, 6.07) is 3.54. The zero-order chi connectivity index (χ0) is 28.2. The second-order valence-corrected chi connectivity index (χ2v) is 8.41. The van der Waals surface area contributed by atoms with E-state index in [4.69, 9.17) is 5.73 Å². The summed E-state index contributed by atoms with van der Waals surface area (Å²) in [4.78, 5) is 50.1. The molecule has 0 fully saturated rings. The van der Waals surface area contributed by atoms with Crippen molar-refractivity contribution in [3.8, 4) is 0 Å². The van der Waals surface area contributed by atoms with Crippen molar-refractivity contribution in [3.05, 3.63) is 80.9 Å². The number of rotatable bonds is 11. The number of aryl methyl sites for hydroxylation is 2. The van der Waals surface area contributed by atoms with E-state index in [-0.39, 0.29) is 17.1 Å². The summed E-state index contributed by atoms with van der Waals surface area (Å²) in [5, 5.41) is 29.0. The first kappa shape index (κ1) is 28.4. The van der Waals surface area contributed by atoms with Gasteiger partial charge in [-0.1, -0.05) is 0 Å². The Morgan fingerprint density at radius 2 is 1.69 bits per heavy atom. The van der Waals surface area contributed by atoms with Gasteiger partial charge < -0.3 is 21.0 Å². The number of non-ortho nitro benzene ring substituents is 1. The first-order chi connectivity index (χ1) is 18.8. The molecule has 2 aromatic heterocycles. The third-order valence-corrected chi connectivity index (χ3v) is 5.54. The van der Waals surface area contributed by atoms with Crippen LogP contribution in [0.1, 0.15) is 31.2 Å². The molecule has 206 valence electrons. The fourth-order valence-electron chi connectivity index (χ4n) is 3.56. The van der Waals surface area contributed by atoms with Crippen molar-refractivity contribution in [1.29, 1.82) is 0 Å². The van der Waals surface area contributed by atoms with Crippen molar-refractivity contribution in [1.82, 2.24) is 25.3 Å². The lowest BCUT2D eigenvalue weighted by molar-refractivity contribution is -0.488. The molecule has 1 aliphatic heterocycles. The number of hydrogen-bond donors (Lipinski definition) is 4. The van der Waals surface area contributed by atoms with Gasteiger partial charge in [0.1, 0.15) is 5.71 Å². The minimum atomic E-state index is -1.49. The van der Waals surface area contributed by atoms with Crippen molar-refractivity contribution in [2.75, 3.05) is 18.1 Å². The Balaban J connectivity index is 0.000000216. The van der Waals surface area contributed by atoms with E-state index in [9.17, 15) is 25.0 Å². The van der Waals surface area contributed by atoms with E-state index in [1.165, 1.54) is 31.2 Å². The second-order valence-electron chi connectivity index (χ2n) is 8.41. The number of aromatic nitrogens is 4. The smallest absolute Gasteiger partial charge is 0.331 e. The van der Waals surface area contributed by atoms with Crippen molar-refractivity contribution in [2.45, 2.75) is 38.6 Å². The van der Waals surface area contributed by atoms with Gasteiger partial charge in [-0.15, -0.1) is 0 Å². The number of benzene rings is 1. The van der Waals surface area contributed by atoms with Crippen LogP contribution in [0.4, 0.5) is 11.4 Å². The molecule has 0 radical (unpaired) electrons. The van der Waals surface area contributed by atoms with E-state index in [2.05, 4.69) is 35.3 Å². The van der Waals surface area contributed by atoms with Gasteiger partial charge in [-0.3, -0.25) is 30.0 Å². The van der Waals surface area contributed by atoms with Gasteiger partial charge in [0.2, 0.25) is 0 Å². The normalized spacial score (nSPS) is 14.9. The third kappa shape index (κ3) is 8.44. The molecule has 1 aromatic carbocycles. The highest BCUT2D eigenvalue weighted by atomic mass is 16.6. The molecule has 3 aromatic rings. The van der Waals surface area contributed by atoms with Gasteiger partial charge in [0.25, 0.3) is 5.69 Å². The molecule has 0 bridgehead atoms. The zero-order valence-corrected chi connectivity index (χ0v) is 21.2. The molecule has 5 N–H and O–H groups in total. The number of nitrogens with one attached hydrogen (secondary N) is 3. The molecule has 0 aliphatic carbocycles. The predicted molar refractivity (Wildman–Crippen MR) is 143 cm³/mol. The Morgan fingerprint density at radius 1 is 1.08 bits per heavy atom. The first-order valence-corrected chi connectivity index (χ1v) is 12.0. The standard InChI is InChI=1S/C13H21N7.C10H8N4O5/c14-13(17-5-1-3-11-7-15-9-19-11)18-6-2-4-12-8-16-10-20-12;1-6-9(14(18)19)10(15)12(11-6)7-2-4-8(5-3-7)13(16)17/h7-10H,1-6H2,(H,15,19)(H,16,20)(H3,14,17,18);2-5,9H,1H3. The fourth-order valence-corrected chi connectivity index (χ4v) is 3.56. The monoisotopic (exact) mass is 539 g/mol. The van der Waals surface area contributed by atoms with Crippen molar-refractivity contribution >= 4 is 29.0 Å². The highest BCUT2D eigenvalue weighted by Gasteiger charge is 2.43. The summed E-state index contributed by atoms with van der Waals surface area (Å²) in [5.74, 6) is -0.268. The van der Waals surface area contributed by atoms with Crippen molar-refractivity contribution < 1.29 is 14.6 Å². The molecule has 1 amide bonds. The van der Waals surface area contributed by atoms with Crippen LogP contribution in [0.2, 0.25) is 0 Å². The van der Waals surface area contributed by atoms with Crippen LogP contribution in [0.25, 0.3) is 0 Å². The molecule has 1 atom stereocenters. The molecule has 1 unspecified atom stereocenters. The molecule has 0 saturated heterocycles. The van der Waals surface area contributed by atoms with Gasteiger partial charge in [-0.2, -0.15) is 10.1 Å². The van der Waals surface area contributed by atoms with Crippen LogP contribution < -0.4 is 16.1 Å². The van der Waals surface area contributed by atoms with E-state index in [0.29, 0.717) is 5.96 Å². The largest absolute Gasteiger partial charge is 0.370 e. The number of carbonyl (C=O) groups is 1. The summed E-state index contributed by atoms with van der Waals surface area (Å²) in [6.45, 7) is 2.92. The van der Waals surface area contributed by atoms with Crippen LogP contribution in [-0.4, -0.2) is 66.5 Å². The number of anilines is 1. The molecule has 0 saturated carbocycles. The van der Waals surface area contributed by atoms with Crippen LogP contribution in [0.5, 0.6) is 0 Å². The molecule has 1 aliphatic rings. The van der Waals surface area contributed by atoms with Crippen molar-refractivity contribution in [2.24, 2.45) is 15.8 Å². The SMILES string of the molecule is CC1=NN(c2ccc([N+](=O)[O-])cc2)C(=O)C1[N+](=O)[O-].NC(=NCCCc1cnc[nH]1)NCCCc1cnc[nH]1. The number of aliphatic imine (C=N–C) groups is 1. The van der Waals surface area contributed by atoms with Gasteiger partial charge in [0, 0.05) is 53.9 Å². The van der Waals surface area contributed by atoms with Crippen molar-refractivity contribution in [3.63, 3.8) is 0 Å². The maximum atomic E-state index is 11.8. The average Bonchev–Trinajstić information content (AvgIpc) is 3.67. The molecule has 0 spiro atoms. The number of nitrogens with zero attached hydrogens (tertiary/aromatic N) is 7. The lowest BCUT2D eigenvalue weighted by Gasteiger charge is -2.10. The molecular weight excluding hydrogens is 510 g/mol. The van der Waals surface area contributed by atoms with Crippen LogP contribution in [-0.2, 0) is 17.6 Å². The maximum absolute atomic E-state index is 11.8. The Morgan fingerprint density at radius 3 is 2.21 bits per heavy atom. The number of nitro groups is 2. The van der Waals surface area contributed by atoms with Crippen LogP contribution >= 0.6 is 0 Å². The molecule has 16 heteroatoms. The summed E-state index contributed by atoms with van der Waals surface area (Å²) in [6.07, 6.45) is 10.9. The number of nitro benzene ring substituents is 1. The number of hydrogen-bond acceptors (Lipinski definition) is 9. The number of hydrazone groups is 1. The number of imidazole rings is 2. The Hall–Kier alpha value is -5.15. The maximum Gasteiger partial charge on any atom is 0.331 e. The van der Waals surface area contributed by atoms with E-state index < -0.39 is 21.8 Å². The third-order valence-electron chi connectivity index (χ3n) is 5.54. The number of guanidine groups is 1. The quantitative estimate of drug-likeness (QED) is 0.0909. The van der Waals surface area contributed by atoms with Crippen LogP contribution in [0.3, 0.4) is 0 Å². The lowest BCUT2D eigenvalue weighted by Crippen LogP contribution is -2.37. The van der Waals surface area contributed by atoms with Gasteiger partial charge >= 0.3 is 11.9 Å². The lowest BCUT2D eigenvalue weighted by atomic mass is 10.2. The molecule has 3 heterocycles. The number of amides is 1. The van der Waals surface area contributed by atoms with E-state index in [0.717, 1.165) is 55.2 Å². The fraction of sp³-hybridized carbons (Fsp3) is 0.348. The Labute approximate surface area is 222 Å². The highest BCUT2D eigenvalue weighted by molar-refractivity contribution is 6.17. The van der Waals surface area contributed by atoms with E-state index in [1.54, 1.807) is 12.7 Å². The van der Waals surface area contributed by atoms with Crippen LogP contribution in [0.15, 0.2) is 59.4 Å². The first-order valence-electron chi connectivity index (χ1n) is 12.0. The number of H-pyrrole nitrogens is 2. The minimum absolute atomic E-state index is 0.0772. The summed E-state index contributed by atoms with van der Waals surface area (Å²) < 4.78 is 0. The molecule has 16 nitrogen and oxygen atoms in total. The Kier molecular flexibility index (Phi) is 10.2. The van der Waals surface area contributed by atoms with Gasteiger partial charge in [-0.25, -0.2) is 9.97 Å². The number of aromatic amines is 2. The van der Waals surface area contributed by atoms with Gasteiger partial charge in [0.15, 0.2) is 5.96 Å².